The first-order valence-electron chi connectivity index (χ1n) is 9.95. The fourth-order valence-electron chi connectivity index (χ4n) is 3.26. The predicted octanol–water partition coefficient (Wildman–Crippen LogP) is 5.70. The Bertz CT molecular complexity index is 1320. The SMILES string of the molecule is Cc1ccc(-c2csc3nc(SC(C)C(=O)Nc4cc(C)ccc4C)[nH]c(=O)c23)cc1. The minimum absolute atomic E-state index is 0.132. The van der Waals surface area contributed by atoms with E-state index >= 15 is 0 Å². The van der Waals surface area contributed by atoms with Crippen molar-refractivity contribution in [2.45, 2.75) is 38.1 Å². The van der Waals surface area contributed by atoms with E-state index in [-0.39, 0.29) is 11.5 Å². The van der Waals surface area contributed by atoms with Gasteiger partial charge >= 0.3 is 0 Å². The number of amides is 1. The zero-order valence-electron chi connectivity index (χ0n) is 17.8. The van der Waals surface area contributed by atoms with Crippen LogP contribution < -0.4 is 10.9 Å². The maximum absolute atomic E-state index is 12.8. The van der Waals surface area contributed by atoms with Gasteiger partial charge < -0.3 is 10.3 Å². The van der Waals surface area contributed by atoms with Gasteiger partial charge in [0.25, 0.3) is 5.56 Å². The molecule has 2 N–H and O–H groups in total. The Hall–Kier alpha value is -2.90. The van der Waals surface area contributed by atoms with Crippen molar-refractivity contribution in [3.8, 4) is 11.1 Å². The van der Waals surface area contributed by atoms with Crippen molar-refractivity contribution in [1.82, 2.24) is 9.97 Å². The molecule has 0 saturated carbocycles. The van der Waals surface area contributed by atoms with Crippen LogP contribution in [0.3, 0.4) is 0 Å². The number of anilines is 1. The average Bonchev–Trinajstić information content (AvgIpc) is 3.15. The fraction of sp³-hybridized carbons (Fsp3) is 0.208. The molecule has 1 unspecified atom stereocenters. The van der Waals surface area contributed by atoms with E-state index in [1.807, 2.05) is 75.5 Å². The van der Waals surface area contributed by atoms with E-state index in [0.717, 1.165) is 27.9 Å². The summed E-state index contributed by atoms with van der Waals surface area (Å²) in [5.41, 5.74) is 5.74. The minimum atomic E-state index is -0.419. The number of thiophene rings is 1. The van der Waals surface area contributed by atoms with E-state index in [1.165, 1.54) is 28.7 Å². The van der Waals surface area contributed by atoms with Crippen molar-refractivity contribution in [3.05, 3.63) is 74.9 Å². The quantitative estimate of drug-likeness (QED) is 0.303. The summed E-state index contributed by atoms with van der Waals surface area (Å²) in [4.78, 5) is 33.7. The maximum Gasteiger partial charge on any atom is 0.260 e. The molecule has 158 valence electrons. The zero-order chi connectivity index (χ0) is 22.1. The van der Waals surface area contributed by atoms with Crippen LogP contribution in [0, 0.1) is 20.8 Å². The molecule has 0 aliphatic carbocycles. The van der Waals surface area contributed by atoms with Crippen LogP contribution in [0.2, 0.25) is 0 Å². The number of nitrogens with one attached hydrogen (secondary N) is 2. The topological polar surface area (TPSA) is 74.8 Å². The van der Waals surface area contributed by atoms with Crippen LogP contribution in [-0.4, -0.2) is 21.1 Å². The van der Waals surface area contributed by atoms with Gasteiger partial charge in [0.1, 0.15) is 4.83 Å². The van der Waals surface area contributed by atoms with Gasteiger partial charge in [-0.1, -0.05) is 53.7 Å². The van der Waals surface area contributed by atoms with E-state index in [1.54, 1.807) is 0 Å². The maximum atomic E-state index is 12.8. The third-order valence-electron chi connectivity index (χ3n) is 5.09. The van der Waals surface area contributed by atoms with Crippen LogP contribution in [0.15, 0.2) is 57.8 Å². The fourth-order valence-corrected chi connectivity index (χ4v) is 5.06. The molecule has 0 spiro atoms. The number of aromatic amines is 1. The molecule has 1 atom stereocenters. The van der Waals surface area contributed by atoms with E-state index in [9.17, 15) is 9.59 Å². The van der Waals surface area contributed by atoms with Gasteiger partial charge in [0.2, 0.25) is 5.91 Å². The standard InChI is InChI=1S/C24H23N3O2S2/c1-13-6-9-17(10-7-13)18-12-30-23-20(18)22(29)26-24(27-23)31-16(4)21(28)25-19-11-14(2)5-8-15(19)3/h5-12,16H,1-4H3,(H,25,28)(H,26,27,29). The van der Waals surface area contributed by atoms with Gasteiger partial charge in [-0.25, -0.2) is 4.98 Å². The second-order valence-corrected chi connectivity index (χ2v) is 9.82. The number of hydrogen-bond acceptors (Lipinski definition) is 5. The molecule has 0 bridgehead atoms. The van der Waals surface area contributed by atoms with Crippen molar-refractivity contribution in [2.24, 2.45) is 0 Å². The summed E-state index contributed by atoms with van der Waals surface area (Å²) in [7, 11) is 0. The molecule has 5 nitrogen and oxygen atoms in total. The Morgan fingerprint density at radius 1 is 1.10 bits per heavy atom. The lowest BCUT2D eigenvalue weighted by Crippen LogP contribution is -2.23. The molecule has 0 saturated heterocycles. The number of carbonyl (C=O) groups excluding carboxylic acids is 1. The Labute approximate surface area is 188 Å². The molecule has 31 heavy (non-hydrogen) atoms. The smallest absolute Gasteiger partial charge is 0.260 e. The van der Waals surface area contributed by atoms with E-state index in [4.69, 9.17) is 0 Å². The zero-order valence-corrected chi connectivity index (χ0v) is 19.4. The van der Waals surface area contributed by atoms with Gasteiger partial charge in [-0.05, 0) is 50.5 Å². The summed E-state index contributed by atoms with van der Waals surface area (Å²) in [5, 5.41) is 5.55. The van der Waals surface area contributed by atoms with Gasteiger partial charge in [0.05, 0.1) is 10.6 Å². The molecule has 2 aromatic carbocycles. The van der Waals surface area contributed by atoms with Crippen LogP contribution >= 0.6 is 23.1 Å². The summed E-state index contributed by atoms with van der Waals surface area (Å²) in [6, 6.07) is 14.0. The van der Waals surface area contributed by atoms with Crippen LogP contribution in [0.25, 0.3) is 21.3 Å². The van der Waals surface area contributed by atoms with Crippen molar-refractivity contribution < 1.29 is 4.79 Å². The molecule has 2 aromatic heterocycles. The molecule has 0 fully saturated rings. The molecule has 0 aliphatic heterocycles. The molecule has 0 radical (unpaired) electrons. The number of fused-ring (bicyclic) bond motifs is 1. The number of thioether (sulfide) groups is 1. The summed E-state index contributed by atoms with van der Waals surface area (Å²) >= 11 is 2.68. The molecule has 4 aromatic rings. The predicted molar refractivity (Wildman–Crippen MR) is 130 cm³/mol. The second-order valence-electron chi connectivity index (χ2n) is 7.63. The number of aryl methyl sites for hydroxylation is 3. The van der Waals surface area contributed by atoms with Crippen molar-refractivity contribution >= 4 is 44.9 Å². The molecule has 1 amide bonds. The summed E-state index contributed by atoms with van der Waals surface area (Å²) in [6.45, 7) is 7.79. The average molecular weight is 450 g/mol. The van der Waals surface area contributed by atoms with Crippen LogP contribution in [0.1, 0.15) is 23.6 Å². The Morgan fingerprint density at radius 2 is 1.81 bits per heavy atom. The summed E-state index contributed by atoms with van der Waals surface area (Å²) < 4.78 is 0. The summed E-state index contributed by atoms with van der Waals surface area (Å²) in [5.74, 6) is -0.132. The van der Waals surface area contributed by atoms with Crippen molar-refractivity contribution in [2.75, 3.05) is 5.32 Å². The third-order valence-corrected chi connectivity index (χ3v) is 6.95. The molecule has 7 heteroatoms. The number of carbonyl (C=O) groups is 1. The largest absolute Gasteiger partial charge is 0.325 e. The highest BCUT2D eigenvalue weighted by molar-refractivity contribution is 8.00. The van der Waals surface area contributed by atoms with E-state index < -0.39 is 5.25 Å². The normalized spacial score (nSPS) is 12.1. The number of benzene rings is 2. The monoisotopic (exact) mass is 449 g/mol. The first kappa shape index (κ1) is 21.3. The Kier molecular flexibility index (Phi) is 5.98. The first-order valence-corrected chi connectivity index (χ1v) is 11.7. The van der Waals surface area contributed by atoms with E-state index in [2.05, 4.69) is 15.3 Å². The summed E-state index contributed by atoms with van der Waals surface area (Å²) in [6.07, 6.45) is 0. The van der Waals surface area contributed by atoms with Crippen LogP contribution in [-0.2, 0) is 4.79 Å². The number of hydrogen-bond donors (Lipinski definition) is 2. The number of aromatic nitrogens is 2. The lowest BCUT2D eigenvalue weighted by Gasteiger charge is -2.13. The van der Waals surface area contributed by atoms with Crippen molar-refractivity contribution in [3.63, 3.8) is 0 Å². The number of rotatable bonds is 5. The Balaban J connectivity index is 1.56. The van der Waals surface area contributed by atoms with Crippen LogP contribution in [0.5, 0.6) is 0 Å². The number of nitrogens with zero attached hydrogens (tertiary/aromatic N) is 1. The molecule has 4 rings (SSSR count). The lowest BCUT2D eigenvalue weighted by atomic mass is 10.1. The lowest BCUT2D eigenvalue weighted by molar-refractivity contribution is -0.115. The highest BCUT2D eigenvalue weighted by atomic mass is 32.2. The molecule has 0 aliphatic rings. The highest BCUT2D eigenvalue weighted by Gasteiger charge is 2.19. The number of H-pyrrole nitrogens is 1. The van der Waals surface area contributed by atoms with Crippen molar-refractivity contribution in [1.29, 1.82) is 0 Å². The minimum Gasteiger partial charge on any atom is -0.325 e. The van der Waals surface area contributed by atoms with Crippen LogP contribution in [0.4, 0.5) is 5.69 Å². The third kappa shape index (κ3) is 4.57. The van der Waals surface area contributed by atoms with Gasteiger partial charge in [-0.3, -0.25) is 9.59 Å². The molecule has 2 heterocycles. The van der Waals surface area contributed by atoms with Gasteiger partial charge in [0, 0.05) is 16.6 Å². The Morgan fingerprint density at radius 3 is 2.55 bits per heavy atom. The molecular weight excluding hydrogens is 426 g/mol. The van der Waals surface area contributed by atoms with Gasteiger partial charge in [-0.15, -0.1) is 11.3 Å². The van der Waals surface area contributed by atoms with Gasteiger partial charge in [0.15, 0.2) is 5.16 Å². The van der Waals surface area contributed by atoms with E-state index in [0.29, 0.717) is 15.4 Å². The molecular formula is C24H23N3O2S2. The second kappa shape index (κ2) is 8.69. The first-order chi connectivity index (χ1) is 14.8. The highest BCUT2D eigenvalue weighted by Crippen LogP contribution is 2.32. The van der Waals surface area contributed by atoms with Gasteiger partial charge in [-0.2, -0.15) is 0 Å².